The van der Waals surface area contributed by atoms with Crippen molar-refractivity contribution in [3.05, 3.63) is 35.6 Å². The molecule has 1 saturated carbocycles. The molecule has 0 bridgehead atoms. The standard InChI is InChI=1S/C17H26FN/c1-4-15-7-10-17(13(15)3)19-12(2)11-14-5-8-16(18)9-6-14/h5-6,8-9,12-13,15,17,19H,4,7,10-11H2,1-3H3. The molecule has 0 radical (unpaired) electrons. The van der Waals surface area contributed by atoms with Crippen molar-refractivity contribution in [1.29, 1.82) is 0 Å². The Morgan fingerprint density at radius 3 is 2.53 bits per heavy atom. The van der Waals surface area contributed by atoms with E-state index in [-0.39, 0.29) is 5.82 Å². The van der Waals surface area contributed by atoms with Gasteiger partial charge in [0.15, 0.2) is 0 Å². The number of benzene rings is 1. The highest BCUT2D eigenvalue weighted by Crippen LogP contribution is 2.34. The molecule has 4 atom stereocenters. The van der Waals surface area contributed by atoms with E-state index in [0.717, 1.165) is 18.3 Å². The second kappa shape index (κ2) is 6.51. The third-order valence-corrected chi connectivity index (χ3v) is 4.70. The number of nitrogens with one attached hydrogen (secondary N) is 1. The van der Waals surface area contributed by atoms with Crippen LogP contribution in [0.15, 0.2) is 24.3 Å². The van der Waals surface area contributed by atoms with E-state index in [4.69, 9.17) is 0 Å². The molecule has 0 amide bonds. The zero-order chi connectivity index (χ0) is 13.8. The summed E-state index contributed by atoms with van der Waals surface area (Å²) in [5, 5.41) is 3.76. The van der Waals surface area contributed by atoms with Gasteiger partial charge in [-0.2, -0.15) is 0 Å². The van der Waals surface area contributed by atoms with E-state index >= 15 is 0 Å². The van der Waals surface area contributed by atoms with Crippen LogP contribution in [-0.4, -0.2) is 12.1 Å². The van der Waals surface area contributed by atoms with Crippen LogP contribution >= 0.6 is 0 Å². The highest BCUT2D eigenvalue weighted by atomic mass is 19.1. The van der Waals surface area contributed by atoms with E-state index in [1.807, 2.05) is 12.1 Å². The van der Waals surface area contributed by atoms with E-state index in [1.54, 1.807) is 12.1 Å². The van der Waals surface area contributed by atoms with Gasteiger partial charge in [0.2, 0.25) is 0 Å². The Morgan fingerprint density at radius 1 is 1.26 bits per heavy atom. The van der Waals surface area contributed by atoms with E-state index in [0.29, 0.717) is 12.1 Å². The van der Waals surface area contributed by atoms with Crippen molar-refractivity contribution >= 4 is 0 Å². The SMILES string of the molecule is CCC1CCC(NC(C)Cc2ccc(F)cc2)C1C. The Balaban J connectivity index is 1.84. The molecule has 1 nitrogen and oxygen atoms in total. The van der Waals surface area contributed by atoms with Gasteiger partial charge in [0.05, 0.1) is 0 Å². The Morgan fingerprint density at radius 2 is 1.95 bits per heavy atom. The molecular formula is C17H26FN. The molecule has 1 N–H and O–H groups in total. The third-order valence-electron chi connectivity index (χ3n) is 4.70. The molecule has 0 heterocycles. The largest absolute Gasteiger partial charge is 0.311 e. The normalized spacial score (nSPS) is 28.5. The first kappa shape index (κ1) is 14.5. The van der Waals surface area contributed by atoms with E-state index < -0.39 is 0 Å². The fraction of sp³-hybridized carbons (Fsp3) is 0.647. The number of rotatable bonds is 5. The van der Waals surface area contributed by atoms with Crippen molar-refractivity contribution in [2.75, 3.05) is 0 Å². The van der Waals surface area contributed by atoms with Crippen LogP contribution in [0.5, 0.6) is 0 Å². The van der Waals surface area contributed by atoms with Crippen LogP contribution in [0.3, 0.4) is 0 Å². The molecule has 0 aromatic heterocycles. The first-order valence-corrected chi connectivity index (χ1v) is 7.60. The van der Waals surface area contributed by atoms with E-state index in [2.05, 4.69) is 26.1 Å². The first-order valence-electron chi connectivity index (χ1n) is 7.60. The third kappa shape index (κ3) is 3.79. The van der Waals surface area contributed by atoms with Gasteiger partial charge in [-0.15, -0.1) is 0 Å². The van der Waals surface area contributed by atoms with Gasteiger partial charge >= 0.3 is 0 Å². The summed E-state index contributed by atoms with van der Waals surface area (Å²) in [6.45, 7) is 6.91. The minimum atomic E-state index is -0.153. The first-order chi connectivity index (χ1) is 9.10. The van der Waals surface area contributed by atoms with Gasteiger partial charge in [-0.1, -0.05) is 32.4 Å². The highest BCUT2D eigenvalue weighted by Gasteiger charge is 2.31. The van der Waals surface area contributed by atoms with Gasteiger partial charge in [-0.25, -0.2) is 4.39 Å². The summed E-state index contributed by atoms with van der Waals surface area (Å²) in [5.74, 6) is 1.51. The molecule has 1 aliphatic carbocycles. The lowest BCUT2D eigenvalue weighted by Crippen LogP contribution is -2.40. The van der Waals surface area contributed by atoms with Gasteiger partial charge in [-0.3, -0.25) is 0 Å². The molecule has 1 aromatic rings. The fourth-order valence-corrected chi connectivity index (χ4v) is 3.46. The van der Waals surface area contributed by atoms with Crippen LogP contribution in [0, 0.1) is 17.7 Å². The molecule has 0 saturated heterocycles. The molecule has 4 unspecified atom stereocenters. The van der Waals surface area contributed by atoms with Crippen LogP contribution in [-0.2, 0) is 6.42 Å². The molecule has 0 spiro atoms. The van der Waals surface area contributed by atoms with Crippen molar-refractivity contribution in [2.45, 2.75) is 58.5 Å². The summed E-state index contributed by atoms with van der Waals surface area (Å²) in [4.78, 5) is 0. The van der Waals surface area contributed by atoms with Crippen molar-refractivity contribution < 1.29 is 4.39 Å². The van der Waals surface area contributed by atoms with Gasteiger partial charge in [0.25, 0.3) is 0 Å². The summed E-state index contributed by atoms with van der Waals surface area (Å²) >= 11 is 0. The Hall–Kier alpha value is -0.890. The monoisotopic (exact) mass is 263 g/mol. The van der Waals surface area contributed by atoms with Crippen LogP contribution in [0.2, 0.25) is 0 Å². The maximum absolute atomic E-state index is 12.9. The van der Waals surface area contributed by atoms with Crippen LogP contribution in [0.1, 0.15) is 45.6 Å². The quantitative estimate of drug-likeness (QED) is 0.840. The predicted octanol–water partition coefficient (Wildman–Crippen LogP) is 4.17. The summed E-state index contributed by atoms with van der Waals surface area (Å²) in [7, 11) is 0. The highest BCUT2D eigenvalue weighted by molar-refractivity contribution is 5.17. The fourth-order valence-electron chi connectivity index (χ4n) is 3.46. The molecular weight excluding hydrogens is 237 g/mol. The summed E-state index contributed by atoms with van der Waals surface area (Å²) in [5.41, 5.74) is 1.21. The van der Waals surface area contributed by atoms with Gasteiger partial charge in [-0.05, 0) is 55.7 Å². The van der Waals surface area contributed by atoms with Gasteiger partial charge < -0.3 is 5.32 Å². The summed E-state index contributed by atoms with van der Waals surface area (Å²) in [6, 6.07) is 7.98. The zero-order valence-electron chi connectivity index (χ0n) is 12.3. The molecule has 1 aliphatic rings. The minimum Gasteiger partial charge on any atom is -0.311 e. The molecule has 0 aliphatic heterocycles. The minimum absolute atomic E-state index is 0.153. The molecule has 1 fully saturated rings. The Labute approximate surface area is 116 Å². The van der Waals surface area contributed by atoms with Crippen molar-refractivity contribution in [3.63, 3.8) is 0 Å². The molecule has 1 aromatic carbocycles. The Kier molecular flexibility index (Phi) is 4.98. The second-order valence-corrected chi connectivity index (χ2v) is 6.11. The molecule has 106 valence electrons. The summed E-state index contributed by atoms with van der Waals surface area (Å²) in [6.07, 6.45) is 4.93. The van der Waals surface area contributed by atoms with Crippen molar-refractivity contribution in [2.24, 2.45) is 11.8 Å². The number of hydrogen-bond acceptors (Lipinski definition) is 1. The Bertz CT molecular complexity index is 387. The lowest BCUT2D eigenvalue weighted by atomic mass is 9.93. The second-order valence-electron chi connectivity index (χ2n) is 6.11. The van der Waals surface area contributed by atoms with Gasteiger partial charge in [0.1, 0.15) is 5.82 Å². The molecule has 2 rings (SSSR count). The lowest BCUT2D eigenvalue weighted by molar-refractivity contribution is 0.325. The molecule has 19 heavy (non-hydrogen) atoms. The van der Waals surface area contributed by atoms with Crippen molar-refractivity contribution in [3.8, 4) is 0 Å². The van der Waals surface area contributed by atoms with E-state index in [9.17, 15) is 4.39 Å². The van der Waals surface area contributed by atoms with Crippen LogP contribution < -0.4 is 5.32 Å². The predicted molar refractivity (Wildman–Crippen MR) is 78.7 cm³/mol. The van der Waals surface area contributed by atoms with Crippen LogP contribution in [0.4, 0.5) is 4.39 Å². The average molecular weight is 263 g/mol. The average Bonchev–Trinajstić information content (AvgIpc) is 2.73. The summed E-state index contributed by atoms with van der Waals surface area (Å²) < 4.78 is 12.9. The maximum Gasteiger partial charge on any atom is 0.123 e. The number of halogens is 1. The maximum atomic E-state index is 12.9. The topological polar surface area (TPSA) is 12.0 Å². The van der Waals surface area contributed by atoms with E-state index in [1.165, 1.54) is 24.8 Å². The zero-order valence-corrected chi connectivity index (χ0v) is 12.3. The molecule has 2 heteroatoms. The van der Waals surface area contributed by atoms with Gasteiger partial charge in [0, 0.05) is 12.1 Å². The number of hydrogen-bond donors (Lipinski definition) is 1. The van der Waals surface area contributed by atoms with Crippen molar-refractivity contribution in [1.82, 2.24) is 5.32 Å². The smallest absolute Gasteiger partial charge is 0.123 e. The lowest BCUT2D eigenvalue weighted by Gasteiger charge is -2.25. The van der Waals surface area contributed by atoms with Crippen LogP contribution in [0.25, 0.3) is 0 Å².